The van der Waals surface area contributed by atoms with Crippen molar-refractivity contribution in [1.29, 1.82) is 0 Å². The van der Waals surface area contributed by atoms with E-state index in [0.29, 0.717) is 23.7 Å². The molecule has 0 radical (unpaired) electrons. The van der Waals surface area contributed by atoms with Gasteiger partial charge < -0.3 is 0 Å². The Morgan fingerprint density at radius 3 is 0.500 bits per heavy atom. The Kier molecular flexibility index (Phi) is 9.71. The predicted molar refractivity (Wildman–Crippen MR) is 160 cm³/mol. The van der Waals surface area contributed by atoms with E-state index in [2.05, 4.69) is 152 Å². The smallest absolute Gasteiger partial charge is 0.0184 e. The van der Waals surface area contributed by atoms with Crippen LogP contribution in [0.2, 0.25) is 0 Å². The van der Waals surface area contributed by atoms with Crippen molar-refractivity contribution in [3.05, 3.63) is 119 Å². The Morgan fingerprint density at radius 2 is 0.389 bits per heavy atom. The first kappa shape index (κ1) is 27.5. The van der Waals surface area contributed by atoms with Gasteiger partial charge in [0, 0.05) is 0 Å². The zero-order chi connectivity index (χ0) is 26.2. The third-order valence-electron chi connectivity index (χ3n) is 6.98. The van der Waals surface area contributed by atoms with E-state index in [1.165, 1.54) is 44.5 Å². The molecule has 0 heterocycles. The van der Waals surface area contributed by atoms with Crippen LogP contribution in [-0.2, 0) is 0 Å². The Labute approximate surface area is 220 Å². The van der Waals surface area contributed by atoms with Gasteiger partial charge in [-0.25, -0.2) is 0 Å². The molecule has 4 rings (SSSR count). The molecule has 0 heteroatoms. The molecule has 0 saturated carbocycles. The van der Waals surface area contributed by atoms with E-state index in [0.717, 1.165) is 0 Å². The molecule has 0 aliphatic rings. The summed E-state index contributed by atoms with van der Waals surface area (Å²) in [4.78, 5) is 0. The van der Waals surface area contributed by atoms with Crippen molar-refractivity contribution < 1.29 is 0 Å². The van der Waals surface area contributed by atoms with E-state index in [-0.39, 0.29) is 0 Å². The maximum atomic E-state index is 2.23. The second-order valence-corrected chi connectivity index (χ2v) is 11.1. The molecular formula is C36H44. The van der Waals surface area contributed by atoms with Gasteiger partial charge in [0.1, 0.15) is 0 Å². The average Bonchev–Trinajstić information content (AvgIpc) is 2.89. The van der Waals surface area contributed by atoms with Crippen molar-refractivity contribution in [3.8, 4) is 22.3 Å². The van der Waals surface area contributed by atoms with Crippen molar-refractivity contribution in [2.24, 2.45) is 0 Å². The van der Waals surface area contributed by atoms with Crippen LogP contribution in [0.1, 0.15) is 101 Å². The molecule has 0 saturated heterocycles. The molecule has 0 fully saturated rings. The molecule has 0 N–H and O–H groups in total. The molecule has 0 aliphatic heterocycles. The van der Waals surface area contributed by atoms with E-state index in [1.807, 2.05) is 0 Å². The first-order chi connectivity index (χ1) is 17.2. The number of hydrogen-bond acceptors (Lipinski definition) is 0. The van der Waals surface area contributed by atoms with Gasteiger partial charge in [0.25, 0.3) is 0 Å². The summed E-state index contributed by atoms with van der Waals surface area (Å²) in [5, 5.41) is 0. The van der Waals surface area contributed by atoms with Gasteiger partial charge in [0.05, 0.1) is 0 Å². The summed E-state index contributed by atoms with van der Waals surface area (Å²) >= 11 is 0. The minimum atomic E-state index is 0.599. The van der Waals surface area contributed by atoms with Gasteiger partial charge in [0.2, 0.25) is 0 Å². The molecule has 0 aliphatic carbocycles. The average molecular weight is 477 g/mol. The van der Waals surface area contributed by atoms with Crippen molar-refractivity contribution in [1.82, 2.24) is 0 Å². The second kappa shape index (κ2) is 12.7. The monoisotopic (exact) mass is 476 g/mol. The van der Waals surface area contributed by atoms with Gasteiger partial charge in [-0.3, -0.25) is 0 Å². The lowest BCUT2D eigenvalue weighted by molar-refractivity contribution is 0.866. The maximum Gasteiger partial charge on any atom is -0.0184 e. The van der Waals surface area contributed by atoms with Crippen molar-refractivity contribution >= 4 is 0 Å². The highest BCUT2D eigenvalue weighted by atomic mass is 14.1. The minimum absolute atomic E-state index is 0.599. The van der Waals surface area contributed by atoms with Gasteiger partial charge in [-0.1, -0.05) is 152 Å². The summed E-state index contributed by atoms with van der Waals surface area (Å²) in [5.74, 6) is 2.40. The third kappa shape index (κ3) is 7.44. The zero-order valence-corrected chi connectivity index (χ0v) is 23.5. The molecule has 0 atom stereocenters. The lowest BCUT2D eigenvalue weighted by atomic mass is 9.96. The van der Waals surface area contributed by atoms with Crippen molar-refractivity contribution in [2.75, 3.05) is 0 Å². The van der Waals surface area contributed by atoms with Crippen LogP contribution < -0.4 is 0 Å². The highest BCUT2D eigenvalue weighted by Crippen LogP contribution is 2.26. The fraction of sp³-hybridized carbons (Fsp3) is 0.333. The van der Waals surface area contributed by atoms with Crippen molar-refractivity contribution in [3.63, 3.8) is 0 Å². The van der Waals surface area contributed by atoms with Crippen LogP contribution in [0.5, 0.6) is 0 Å². The number of benzene rings is 4. The number of rotatable bonds is 6. The Balaban J connectivity index is 0.000000201. The summed E-state index contributed by atoms with van der Waals surface area (Å²) in [6.07, 6.45) is 0. The summed E-state index contributed by atoms with van der Waals surface area (Å²) in [7, 11) is 0. The lowest BCUT2D eigenvalue weighted by Crippen LogP contribution is -1.88. The van der Waals surface area contributed by atoms with Crippen LogP contribution in [0.15, 0.2) is 97.1 Å². The van der Waals surface area contributed by atoms with Crippen LogP contribution in [0.4, 0.5) is 0 Å². The normalized spacial score (nSPS) is 11.2. The van der Waals surface area contributed by atoms with Crippen LogP contribution in [0.3, 0.4) is 0 Å². The largest absolute Gasteiger partial charge is 0.0587 e. The van der Waals surface area contributed by atoms with Gasteiger partial charge >= 0.3 is 0 Å². The second-order valence-electron chi connectivity index (χ2n) is 11.1. The molecule has 0 nitrogen and oxygen atoms in total. The van der Waals surface area contributed by atoms with Gasteiger partial charge in [-0.15, -0.1) is 0 Å². The highest BCUT2D eigenvalue weighted by Gasteiger charge is 2.04. The third-order valence-corrected chi connectivity index (χ3v) is 6.98. The molecular weight excluding hydrogens is 432 g/mol. The SMILES string of the molecule is CC(C)c1ccc(-c2ccc(C(C)C)cc2)cc1.CC(C)c1ccc(-c2ccc(C(C)C)cc2)cc1. The Morgan fingerprint density at radius 1 is 0.250 bits per heavy atom. The molecule has 188 valence electrons. The maximum absolute atomic E-state index is 2.23. The molecule has 0 aromatic heterocycles. The van der Waals surface area contributed by atoms with E-state index in [1.54, 1.807) is 0 Å². The van der Waals surface area contributed by atoms with Gasteiger partial charge in [0.15, 0.2) is 0 Å². The topological polar surface area (TPSA) is 0 Å². The van der Waals surface area contributed by atoms with Crippen LogP contribution in [-0.4, -0.2) is 0 Å². The molecule has 4 aromatic rings. The first-order valence-corrected chi connectivity index (χ1v) is 13.6. The van der Waals surface area contributed by atoms with E-state index < -0.39 is 0 Å². The standard InChI is InChI=1S/2C18H22/c2*1-13(2)15-5-9-17(10-6-15)18-11-7-16(8-12-18)14(3)4/h2*5-14H,1-4H3. The fourth-order valence-electron chi connectivity index (χ4n) is 4.24. The molecule has 36 heavy (non-hydrogen) atoms. The zero-order valence-electron chi connectivity index (χ0n) is 23.5. The van der Waals surface area contributed by atoms with Crippen molar-refractivity contribution in [2.45, 2.75) is 79.1 Å². The highest BCUT2D eigenvalue weighted by molar-refractivity contribution is 5.65. The molecule has 0 unspecified atom stereocenters. The fourth-order valence-corrected chi connectivity index (χ4v) is 4.24. The van der Waals surface area contributed by atoms with Crippen LogP contribution in [0.25, 0.3) is 22.3 Å². The summed E-state index contributed by atoms with van der Waals surface area (Å²) in [5.41, 5.74) is 10.8. The summed E-state index contributed by atoms with van der Waals surface area (Å²) < 4.78 is 0. The van der Waals surface area contributed by atoms with Crippen LogP contribution in [0, 0.1) is 0 Å². The first-order valence-electron chi connectivity index (χ1n) is 13.6. The molecule has 0 spiro atoms. The van der Waals surface area contributed by atoms with Gasteiger partial charge in [-0.05, 0) is 68.2 Å². The molecule has 0 bridgehead atoms. The predicted octanol–water partition coefficient (Wildman–Crippen LogP) is 11.2. The quantitative estimate of drug-likeness (QED) is 0.259. The van der Waals surface area contributed by atoms with E-state index in [4.69, 9.17) is 0 Å². The number of hydrogen-bond donors (Lipinski definition) is 0. The van der Waals surface area contributed by atoms with Crippen LogP contribution >= 0.6 is 0 Å². The Bertz CT molecular complexity index is 973. The molecule has 0 amide bonds. The molecule has 4 aromatic carbocycles. The van der Waals surface area contributed by atoms with E-state index >= 15 is 0 Å². The summed E-state index contributed by atoms with van der Waals surface area (Å²) in [6.45, 7) is 17.8. The minimum Gasteiger partial charge on any atom is -0.0587 e. The lowest BCUT2D eigenvalue weighted by Gasteiger charge is -2.09. The van der Waals surface area contributed by atoms with Gasteiger partial charge in [-0.2, -0.15) is 0 Å². The van der Waals surface area contributed by atoms with E-state index in [9.17, 15) is 0 Å². The Hall–Kier alpha value is -3.12. The summed E-state index contributed by atoms with van der Waals surface area (Å²) in [6, 6.07) is 35.6.